The summed E-state index contributed by atoms with van der Waals surface area (Å²) < 4.78 is 11.9. The van der Waals surface area contributed by atoms with Gasteiger partial charge in [-0.15, -0.1) is 0 Å². The molecule has 5 nitrogen and oxygen atoms in total. The van der Waals surface area contributed by atoms with Crippen LogP contribution in [-0.2, 0) is 25.9 Å². The molecule has 1 N–H and O–H groups in total. The van der Waals surface area contributed by atoms with Crippen molar-refractivity contribution in [2.75, 3.05) is 7.11 Å². The number of methoxy groups -OCH3 is 1. The lowest BCUT2D eigenvalue weighted by atomic mass is 9.66. The standard InChI is InChI=1S/C25H36O5/c1-24(22-13-17-4-3-5-18(12-17)14-22)28-25(30-29-24)10-8-19(9-11-25)20-6-7-23(26)21(15-20)16-27-2/h6-7,15,17-19,22,26H,3-5,8-14,16H2,1-2H3/t17?,18?,19-,22?,24-,25+/m0/s1. The van der Waals surface area contributed by atoms with Crippen LogP contribution in [0, 0.1) is 17.8 Å². The highest BCUT2D eigenvalue weighted by atomic mass is 17.3. The van der Waals surface area contributed by atoms with Crippen LogP contribution in [-0.4, -0.2) is 23.8 Å². The van der Waals surface area contributed by atoms with Crippen LogP contribution in [0.3, 0.4) is 0 Å². The molecular weight excluding hydrogens is 380 g/mol. The summed E-state index contributed by atoms with van der Waals surface area (Å²) >= 11 is 0. The van der Waals surface area contributed by atoms with Crippen molar-refractivity contribution in [3.05, 3.63) is 29.3 Å². The predicted molar refractivity (Wildman–Crippen MR) is 113 cm³/mol. The van der Waals surface area contributed by atoms with E-state index >= 15 is 0 Å². The van der Waals surface area contributed by atoms with Gasteiger partial charge < -0.3 is 14.6 Å². The number of hydrogen-bond donors (Lipinski definition) is 1. The molecule has 2 bridgehead atoms. The van der Waals surface area contributed by atoms with Crippen molar-refractivity contribution >= 4 is 0 Å². The van der Waals surface area contributed by atoms with Crippen molar-refractivity contribution < 1.29 is 24.4 Å². The van der Waals surface area contributed by atoms with Gasteiger partial charge in [0.05, 0.1) is 6.61 Å². The van der Waals surface area contributed by atoms with Crippen LogP contribution in [0.4, 0.5) is 0 Å². The minimum atomic E-state index is -0.606. The number of phenols is 1. The zero-order valence-corrected chi connectivity index (χ0v) is 18.4. The van der Waals surface area contributed by atoms with Gasteiger partial charge in [-0.2, -0.15) is 9.78 Å². The summed E-state index contributed by atoms with van der Waals surface area (Å²) in [5.41, 5.74) is 2.11. The van der Waals surface area contributed by atoms with Crippen LogP contribution < -0.4 is 0 Å². The molecule has 2 unspecified atom stereocenters. The number of phenolic OH excluding ortho intramolecular Hbond substituents is 1. The van der Waals surface area contributed by atoms with E-state index in [9.17, 15) is 5.11 Å². The molecule has 3 atom stereocenters. The van der Waals surface area contributed by atoms with Gasteiger partial charge in [-0.05, 0) is 74.5 Å². The molecule has 1 aromatic carbocycles. The SMILES string of the molecule is COCc1cc([C@H]2CC[C@]3(CC2)OO[C@@](C)(C2CC4CCCC(C4)C2)O3)ccc1O. The lowest BCUT2D eigenvalue weighted by molar-refractivity contribution is -0.361. The van der Waals surface area contributed by atoms with Gasteiger partial charge in [0.2, 0.25) is 11.6 Å². The minimum absolute atomic E-state index is 0.303. The fraction of sp³-hybridized carbons (Fsp3) is 0.760. The molecule has 1 aromatic rings. The third-order valence-electron chi connectivity index (χ3n) is 8.24. The van der Waals surface area contributed by atoms with Crippen molar-refractivity contribution in [3.8, 4) is 5.75 Å². The summed E-state index contributed by atoms with van der Waals surface area (Å²) in [5.74, 6) is 1.67. The second kappa shape index (κ2) is 8.09. The lowest BCUT2D eigenvalue weighted by Crippen LogP contribution is -2.45. The fourth-order valence-corrected chi connectivity index (χ4v) is 6.58. The molecular formula is C25H36O5. The van der Waals surface area contributed by atoms with E-state index in [0.717, 1.165) is 43.1 Å². The van der Waals surface area contributed by atoms with E-state index in [1.165, 1.54) is 44.1 Å². The average molecular weight is 417 g/mol. The summed E-state index contributed by atoms with van der Waals surface area (Å²) in [6.45, 7) is 2.54. The topological polar surface area (TPSA) is 57.2 Å². The summed E-state index contributed by atoms with van der Waals surface area (Å²) in [6, 6.07) is 5.91. The number of fused-ring (bicyclic) bond motifs is 2. The molecule has 1 saturated heterocycles. The Labute approximate surface area is 180 Å². The van der Waals surface area contributed by atoms with Gasteiger partial charge in [0, 0.05) is 31.4 Å². The predicted octanol–water partition coefficient (Wildman–Crippen LogP) is 5.80. The Morgan fingerprint density at radius 1 is 1.03 bits per heavy atom. The Kier molecular flexibility index (Phi) is 5.59. The van der Waals surface area contributed by atoms with Crippen LogP contribution >= 0.6 is 0 Å². The van der Waals surface area contributed by atoms with Gasteiger partial charge in [-0.25, -0.2) is 0 Å². The normalized spacial score (nSPS) is 41.3. The highest BCUT2D eigenvalue weighted by Crippen LogP contribution is 2.53. The van der Waals surface area contributed by atoms with E-state index in [2.05, 4.69) is 13.0 Å². The molecule has 4 aliphatic rings. The second-order valence-corrected chi connectivity index (χ2v) is 10.4. The monoisotopic (exact) mass is 416 g/mol. The van der Waals surface area contributed by atoms with Crippen molar-refractivity contribution in [2.24, 2.45) is 17.8 Å². The van der Waals surface area contributed by atoms with E-state index in [4.69, 9.17) is 19.2 Å². The molecule has 0 radical (unpaired) electrons. The highest BCUT2D eigenvalue weighted by Gasteiger charge is 2.56. The highest BCUT2D eigenvalue weighted by molar-refractivity contribution is 5.37. The molecule has 1 heterocycles. The largest absolute Gasteiger partial charge is 0.508 e. The number of aromatic hydroxyl groups is 1. The number of rotatable bonds is 4. The number of ether oxygens (including phenoxy) is 2. The summed E-state index contributed by atoms with van der Waals surface area (Å²) in [7, 11) is 1.65. The molecule has 166 valence electrons. The van der Waals surface area contributed by atoms with Crippen LogP contribution in [0.25, 0.3) is 0 Å². The van der Waals surface area contributed by atoms with E-state index in [1.54, 1.807) is 13.2 Å². The first kappa shape index (κ1) is 20.7. The van der Waals surface area contributed by atoms with Crippen LogP contribution in [0.15, 0.2) is 18.2 Å². The van der Waals surface area contributed by atoms with E-state index in [1.807, 2.05) is 6.07 Å². The molecule has 30 heavy (non-hydrogen) atoms. The Balaban J connectivity index is 1.23. The molecule has 1 spiro atoms. The van der Waals surface area contributed by atoms with Gasteiger partial charge in [0.25, 0.3) is 0 Å². The van der Waals surface area contributed by atoms with E-state index < -0.39 is 11.6 Å². The average Bonchev–Trinajstić information content (AvgIpc) is 3.08. The maximum Gasteiger partial charge on any atom is 0.204 e. The Bertz CT molecular complexity index is 744. The summed E-state index contributed by atoms with van der Waals surface area (Å²) in [5, 5.41) is 10.0. The van der Waals surface area contributed by atoms with Crippen LogP contribution in [0.5, 0.6) is 5.75 Å². The van der Waals surface area contributed by atoms with Crippen molar-refractivity contribution in [2.45, 2.75) is 95.2 Å². The minimum Gasteiger partial charge on any atom is -0.508 e. The van der Waals surface area contributed by atoms with Crippen molar-refractivity contribution in [1.29, 1.82) is 0 Å². The first-order valence-corrected chi connectivity index (χ1v) is 11.9. The fourth-order valence-electron chi connectivity index (χ4n) is 6.58. The van der Waals surface area contributed by atoms with Gasteiger partial charge >= 0.3 is 0 Å². The van der Waals surface area contributed by atoms with Gasteiger partial charge in [-0.1, -0.05) is 25.3 Å². The molecule has 3 aliphatic carbocycles. The molecule has 5 heteroatoms. The van der Waals surface area contributed by atoms with E-state index in [0.29, 0.717) is 24.2 Å². The zero-order chi connectivity index (χ0) is 20.8. The first-order valence-electron chi connectivity index (χ1n) is 11.9. The van der Waals surface area contributed by atoms with E-state index in [-0.39, 0.29) is 0 Å². The first-order chi connectivity index (χ1) is 14.5. The van der Waals surface area contributed by atoms with Gasteiger partial charge in [-0.3, -0.25) is 0 Å². The summed E-state index contributed by atoms with van der Waals surface area (Å²) in [6.07, 6.45) is 11.6. The lowest BCUT2D eigenvalue weighted by Gasteiger charge is -2.44. The third kappa shape index (κ3) is 3.90. The molecule has 0 aromatic heterocycles. The maximum atomic E-state index is 10.0. The van der Waals surface area contributed by atoms with Crippen LogP contribution in [0.2, 0.25) is 0 Å². The summed E-state index contributed by atoms with van der Waals surface area (Å²) in [4.78, 5) is 11.9. The molecule has 3 saturated carbocycles. The molecule has 0 amide bonds. The van der Waals surface area contributed by atoms with Crippen molar-refractivity contribution in [3.63, 3.8) is 0 Å². The zero-order valence-electron chi connectivity index (χ0n) is 18.4. The number of hydrogen-bond acceptors (Lipinski definition) is 5. The smallest absolute Gasteiger partial charge is 0.204 e. The van der Waals surface area contributed by atoms with Crippen LogP contribution in [0.1, 0.15) is 88.2 Å². The molecule has 1 aliphatic heterocycles. The molecule has 4 fully saturated rings. The molecule has 5 rings (SSSR count). The van der Waals surface area contributed by atoms with Gasteiger partial charge in [0.15, 0.2) is 0 Å². The number of benzene rings is 1. The Morgan fingerprint density at radius 3 is 2.47 bits per heavy atom. The van der Waals surface area contributed by atoms with Gasteiger partial charge in [0.1, 0.15) is 5.75 Å². The maximum absolute atomic E-state index is 10.0. The Morgan fingerprint density at radius 2 is 1.77 bits per heavy atom. The quantitative estimate of drug-likeness (QED) is 0.628. The third-order valence-corrected chi connectivity index (χ3v) is 8.24. The van der Waals surface area contributed by atoms with Crippen molar-refractivity contribution in [1.82, 2.24) is 0 Å². The Hall–Kier alpha value is -1.14. The second-order valence-electron chi connectivity index (χ2n) is 10.4.